The van der Waals surface area contributed by atoms with Gasteiger partial charge >= 0.3 is 0 Å². The first-order chi connectivity index (χ1) is 14.8. The minimum absolute atomic E-state index is 0.0201. The number of nitrogens with one attached hydrogen (secondary N) is 2. The van der Waals surface area contributed by atoms with Crippen LogP contribution < -0.4 is 10.0 Å². The molecule has 0 saturated carbocycles. The molecule has 1 heterocycles. The second-order valence-electron chi connectivity index (χ2n) is 6.49. The number of Topliss-reactive ketones (excluding diaryl/α,β-unsaturated/α-hetero) is 2. The summed E-state index contributed by atoms with van der Waals surface area (Å²) in [5.74, 6) is -0.888. The largest absolute Gasteiger partial charge is 0.351 e. The molecule has 2 aromatic carbocycles. The van der Waals surface area contributed by atoms with Crippen molar-refractivity contribution in [3.05, 3.63) is 93.9 Å². The Morgan fingerprint density at radius 2 is 1.45 bits per heavy atom. The van der Waals surface area contributed by atoms with Crippen molar-refractivity contribution in [3.63, 3.8) is 0 Å². The van der Waals surface area contributed by atoms with Gasteiger partial charge in [0, 0.05) is 23.0 Å². The van der Waals surface area contributed by atoms with Gasteiger partial charge in [-0.05, 0) is 36.4 Å². The molecular weight excluding hydrogens is 461 g/mol. The number of benzene rings is 2. The van der Waals surface area contributed by atoms with Crippen LogP contribution in [-0.4, -0.2) is 25.0 Å². The van der Waals surface area contributed by atoms with E-state index in [2.05, 4.69) is 15.0 Å². The van der Waals surface area contributed by atoms with Gasteiger partial charge in [-0.3, -0.25) is 14.3 Å². The van der Waals surface area contributed by atoms with Gasteiger partial charge in [0.05, 0.1) is 10.6 Å². The van der Waals surface area contributed by atoms with Crippen molar-refractivity contribution in [2.24, 2.45) is 0 Å². The number of nitrogens with zero attached hydrogens (tertiary/aromatic N) is 1. The number of fused-ring (bicyclic) bond motifs is 1. The smallest absolute Gasteiger partial charge is 0.261 e. The van der Waals surface area contributed by atoms with Gasteiger partial charge in [-0.1, -0.05) is 47.5 Å². The molecule has 1 aliphatic carbocycles. The van der Waals surface area contributed by atoms with Gasteiger partial charge in [0.25, 0.3) is 10.0 Å². The van der Waals surface area contributed by atoms with Gasteiger partial charge in [0.15, 0.2) is 5.15 Å². The SMILES string of the molecule is O=C1C(Cl)=C(Nc2ccc(S(=O)(=O)Nc3cccnc3Cl)cc2)C(=O)c2ccccc21. The maximum atomic E-state index is 12.8. The summed E-state index contributed by atoms with van der Waals surface area (Å²) in [7, 11) is -3.92. The summed E-state index contributed by atoms with van der Waals surface area (Å²) < 4.78 is 27.5. The maximum absolute atomic E-state index is 12.8. The fourth-order valence-electron chi connectivity index (χ4n) is 2.98. The molecule has 1 aromatic heterocycles. The van der Waals surface area contributed by atoms with E-state index in [9.17, 15) is 18.0 Å². The van der Waals surface area contributed by atoms with E-state index in [0.717, 1.165) is 0 Å². The lowest BCUT2D eigenvalue weighted by Gasteiger charge is -2.19. The summed E-state index contributed by atoms with van der Waals surface area (Å²) in [6.07, 6.45) is 1.44. The summed E-state index contributed by atoms with van der Waals surface area (Å²) in [6.45, 7) is 0. The summed E-state index contributed by atoms with van der Waals surface area (Å²) in [6, 6.07) is 15.0. The number of pyridine rings is 1. The van der Waals surface area contributed by atoms with Crippen molar-refractivity contribution < 1.29 is 18.0 Å². The molecule has 0 radical (unpaired) electrons. The molecule has 156 valence electrons. The van der Waals surface area contributed by atoms with Gasteiger partial charge < -0.3 is 5.32 Å². The first kappa shape index (κ1) is 21.0. The van der Waals surface area contributed by atoms with Crippen LogP contribution in [0.5, 0.6) is 0 Å². The Kier molecular flexibility index (Phi) is 5.53. The number of anilines is 2. The van der Waals surface area contributed by atoms with Crippen molar-refractivity contribution in [3.8, 4) is 0 Å². The zero-order valence-electron chi connectivity index (χ0n) is 15.6. The topological polar surface area (TPSA) is 105 Å². The van der Waals surface area contributed by atoms with E-state index in [1.165, 1.54) is 42.6 Å². The fraction of sp³-hybridized carbons (Fsp3) is 0. The number of hydrogen-bond donors (Lipinski definition) is 2. The van der Waals surface area contributed by atoms with Crippen molar-refractivity contribution in [1.82, 2.24) is 4.98 Å². The highest BCUT2D eigenvalue weighted by Gasteiger charge is 2.31. The van der Waals surface area contributed by atoms with E-state index >= 15 is 0 Å². The molecule has 4 rings (SSSR count). The molecule has 7 nitrogen and oxygen atoms in total. The zero-order chi connectivity index (χ0) is 22.2. The van der Waals surface area contributed by atoms with Crippen LogP contribution in [-0.2, 0) is 10.0 Å². The summed E-state index contributed by atoms with van der Waals surface area (Å²) in [5.41, 5.74) is 0.947. The molecular formula is C21H13Cl2N3O4S. The lowest BCUT2D eigenvalue weighted by molar-refractivity contribution is 0.0982. The molecule has 31 heavy (non-hydrogen) atoms. The summed E-state index contributed by atoms with van der Waals surface area (Å²) in [4.78, 5) is 29.0. The second-order valence-corrected chi connectivity index (χ2v) is 8.91. The Bertz CT molecular complexity index is 1350. The Morgan fingerprint density at radius 1 is 0.806 bits per heavy atom. The second kappa shape index (κ2) is 8.14. The third-order valence-electron chi connectivity index (χ3n) is 4.50. The maximum Gasteiger partial charge on any atom is 0.261 e. The third kappa shape index (κ3) is 4.05. The van der Waals surface area contributed by atoms with E-state index in [1.807, 2.05) is 0 Å². The number of allylic oxidation sites excluding steroid dienone is 2. The molecule has 3 aromatic rings. The van der Waals surface area contributed by atoms with Crippen LogP contribution in [0.4, 0.5) is 11.4 Å². The van der Waals surface area contributed by atoms with Gasteiger partial charge in [-0.25, -0.2) is 13.4 Å². The van der Waals surface area contributed by atoms with Crippen molar-refractivity contribution in [1.29, 1.82) is 0 Å². The molecule has 1 aliphatic rings. The van der Waals surface area contributed by atoms with Crippen LogP contribution in [0.15, 0.2) is 82.5 Å². The van der Waals surface area contributed by atoms with Gasteiger partial charge in [0.1, 0.15) is 10.7 Å². The van der Waals surface area contributed by atoms with Gasteiger partial charge in [-0.15, -0.1) is 0 Å². The van der Waals surface area contributed by atoms with Crippen LogP contribution >= 0.6 is 23.2 Å². The van der Waals surface area contributed by atoms with Gasteiger partial charge in [0.2, 0.25) is 11.6 Å². The number of aromatic nitrogens is 1. The number of ketones is 2. The van der Waals surface area contributed by atoms with E-state index in [-0.39, 0.29) is 37.6 Å². The number of rotatable bonds is 5. The number of sulfonamides is 1. The lowest BCUT2D eigenvalue weighted by atomic mass is 9.92. The predicted octanol–water partition coefficient (Wildman–Crippen LogP) is 4.48. The average molecular weight is 474 g/mol. The van der Waals surface area contributed by atoms with E-state index in [0.29, 0.717) is 5.69 Å². The van der Waals surface area contributed by atoms with Crippen molar-refractivity contribution in [2.75, 3.05) is 10.0 Å². The zero-order valence-corrected chi connectivity index (χ0v) is 17.9. The van der Waals surface area contributed by atoms with Crippen LogP contribution in [0.25, 0.3) is 0 Å². The quantitative estimate of drug-likeness (QED) is 0.529. The highest BCUT2D eigenvalue weighted by Crippen LogP contribution is 2.30. The third-order valence-corrected chi connectivity index (χ3v) is 6.54. The number of halogens is 2. The Labute approximate surface area is 187 Å². The molecule has 0 saturated heterocycles. The van der Waals surface area contributed by atoms with Crippen molar-refractivity contribution in [2.45, 2.75) is 4.90 Å². The Balaban J connectivity index is 1.58. The van der Waals surface area contributed by atoms with Crippen LogP contribution in [0.3, 0.4) is 0 Å². The molecule has 0 unspecified atom stereocenters. The van der Waals surface area contributed by atoms with Crippen LogP contribution in [0, 0.1) is 0 Å². The molecule has 10 heteroatoms. The molecule has 0 bridgehead atoms. The van der Waals surface area contributed by atoms with Crippen molar-refractivity contribution >= 4 is 56.2 Å². The van der Waals surface area contributed by atoms with Gasteiger partial charge in [-0.2, -0.15) is 0 Å². The molecule has 0 fully saturated rings. The highest BCUT2D eigenvalue weighted by molar-refractivity contribution is 7.92. The highest BCUT2D eigenvalue weighted by atomic mass is 35.5. The van der Waals surface area contributed by atoms with E-state index < -0.39 is 21.6 Å². The molecule has 2 N–H and O–H groups in total. The number of hydrogen-bond acceptors (Lipinski definition) is 6. The molecule has 0 amide bonds. The molecule has 0 spiro atoms. The number of carbonyl (C=O) groups excluding carboxylic acids is 2. The molecule has 0 aliphatic heterocycles. The van der Waals surface area contributed by atoms with Crippen LogP contribution in [0.2, 0.25) is 5.15 Å². The standard InChI is InChI=1S/C21H13Cl2N3O4S/c22-17-18(20(28)15-5-2-1-4-14(15)19(17)27)25-12-7-9-13(10-8-12)31(29,30)26-16-6-3-11-24-21(16)23/h1-11,25-26H. The van der Waals surface area contributed by atoms with E-state index in [4.69, 9.17) is 23.2 Å². The Hall–Kier alpha value is -3.20. The lowest BCUT2D eigenvalue weighted by Crippen LogP contribution is -2.24. The fourth-order valence-corrected chi connectivity index (χ4v) is 4.51. The minimum atomic E-state index is -3.92. The first-order valence-electron chi connectivity index (χ1n) is 8.86. The number of carbonyl (C=O) groups is 2. The predicted molar refractivity (Wildman–Crippen MR) is 118 cm³/mol. The van der Waals surface area contributed by atoms with E-state index in [1.54, 1.807) is 24.3 Å². The first-order valence-corrected chi connectivity index (χ1v) is 11.1. The monoisotopic (exact) mass is 473 g/mol. The average Bonchev–Trinajstić information content (AvgIpc) is 2.77. The van der Waals surface area contributed by atoms with Crippen LogP contribution in [0.1, 0.15) is 20.7 Å². The minimum Gasteiger partial charge on any atom is -0.351 e. The summed E-state index contributed by atoms with van der Waals surface area (Å²) in [5, 5.41) is 2.61. The molecule has 0 atom stereocenters. The normalized spacial score (nSPS) is 13.7. The Morgan fingerprint density at radius 3 is 2.10 bits per heavy atom. The summed E-state index contributed by atoms with van der Waals surface area (Å²) >= 11 is 12.0.